The van der Waals surface area contributed by atoms with Crippen LogP contribution >= 0.6 is 0 Å². The lowest BCUT2D eigenvalue weighted by Gasteiger charge is -2.45. The van der Waals surface area contributed by atoms with Gasteiger partial charge in [0.25, 0.3) is 0 Å². The Morgan fingerprint density at radius 2 is 2.00 bits per heavy atom. The first-order valence-electron chi connectivity index (χ1n) is 4.46. The monoisotopic (exact) mass is 221 g/mol. The van der Waals surface area contributed by atoms with Gasteiger partial charge in [-0.3, -0.25) is 4.79 Å². The van der Waals surface area contributed by atoms with Crippen molar-refractivity contribution in [1.29, 1.82) is 0 Å². The molecule has 0 aromatic rings. The molecule has 1 saturated heterocycles. The lowest BCUT2D eigenvalue weighted by atomic mass is 9.84. The van der Waals surface area contributed by atoms with Gasteiger partial charge in [0.1, 0.15) is 12.2 Å². The first-order chi connectivity index (χ1) is 6.86. The highest BCUT2D eigenvalue weighted by molar-refractivity contribution is 5.86. The zero-order valence-electron chi connectivity index (χ0n) is 8.20. The number of aliphatic hydroxyl groups excluding tert-OH is 4. The van der Waals surface area contributed by atoms with Crippen molar-refractivity contribution < 1.29 is 30.0 Å². The highest BCUT2D eigenvalue weighted by Gasteiger charge is 2.55. The zero-order valence-corrected chi connectivity index (χ0v) is 8.20. The second-order valence-corrected chi connectivity index (χ2v) is 3.62. The van der Waals surface area contributed by atoms with Crippen LogP contribution < -0.4 is 5.73 Å². The lowest BCUT2D eigenvalue weighted by molar-refractivity contribution is -0.285. The van der Waals surface area contributed by atoms with Gasteiger partial charge in [-0.05, 0) is 6.92 Å². The molecule has 0 saturated carbocycles. The molecule has 15 heavy (non-hydrogen) atoms. The zero-order chi connectivity index (χ0) is 11.8. The SMILES string of the molecule is CC(=O)[C@@]1(CO)OC(O)[C@@H](N)[C@H](O)[C@@H]1O. The third-order valence-corrected chi connectivity index (χ3v) is 2.69. The Balaban J connectivity index is 3.04. The topological polar surface area (TPSA) is 133 Å². The van der Waals surface area contributed by atoms with Gasteiger partial charge < -0.3 is 30.9 Å². The standard InChI is InChI=1S/C8H15NO6/c1-3(11)8(2-10)6(13)5(12)4(9)7(14)15-8/h4-7,10,12-14H,2,9H2,1H3/t4-,5-,6-,7?,8+/m0/s1. The minimum absolute atomic E-state index is 0.692. The van der Waals surface area contributed by atoms with E-state index in [0.717, 1.165) is 6.92 Å². The molecular formula is C8H15NO6. The van der Waals surface area contributed by atoms with Crippen LogP contribution in [0, 0.1) is 0 Å². The summed E-state index contributed by atoms with van der Waals surface area (Å²) >= 11 is 0. The molecule has 7 heteroatoms. The minimum Gasteiger partial charge on any atom is -0.393 e. The molecule has 0 spiro atoms. The number of carbonyl (C=O) groups is 1. The van der Waals surface area contributed by atoms with Crippen molar-refractivity contribution >= 4 is 5.78 Å². The predicted molar refractivity (Wildman–Crippen MR) is 47.6 cm³/mol. The molecule has 88 valence electrons. The van der Waals surface area contributed by atoms with Crippen molar-refractivity contribution in [2.75, 3.05) is 6.61 Å². The maximum Gasteiger partial charge on any atom is 0.180 e. The molecule has 1 aliphatic rings. The van der Waals surface area contributed by atoms with Gasteiger partial charge in [-0.2, -0.15) is 0 Å². The van der Waals surface area contributed by atoms with Crippen LogP contribution in [0.2, 0.25) is 0 Å². The Morgan fingerprint density at radius 1 is 1.47 bits per heavy atom. The number of ketones is 1. The van der Waals surface area contributed by atoms with E-state index in [-0.39, 0.29) is 0 Å². The third kappa shape index (κ3) is 1.78. The van der Waals surface area contributed by atoms with Crippen LogP contribution in [0.15, 0.2) is 0 Å². The molecule has 5 atom stereocenters. The third-order valence-electron chi connectivity index (χ3n) is 2.69. The molecule has 1 unspecified atom stereocenters. The molecule has 6 N–H and O–H groups in total. The maximum atomic E-state index is 11.3. The summed E-state index contributed by atoms with van der Waals surface area (Å²) in [4.78, 5) is 11.3. The summed E-state index contributed by atoms with van der Waals surface area (Å²) in [6.45, 7) is 0.236. The number of aliphatic hydroxyl groups is 4. The Morgan fingerprint density at radius 3 is 2.40 bits per heavy atom. The van der Waals surface area contributed by atoms with Gasteiger partial charge >= 0.3 is 0 Å². The number of hydrogen-bond donors (Lipinski definition) is 5. The van der Waals surface area contributed by atoms with E-state index in [0.29, 0.717) is 0 Å². The maximum absolute atomic E-state index is 11.3. The van der Waals surface area contributed by atoms with Crippen molar-refractivity contribution in [1.82, 2.24) is 0 Å². The number of rotatable bonds is 2. The highest BCUT2D eigenvalue weighted by atomic mass is 16.6. The van der Waals surface area contributed by atoms with Crippen LogP contribution in [0.3, 0.4) is 0 Å². The Bertz CT molecular complexity index is 260. The highest BCUT2D eigenvalue weighted by Crippen LogP contribution is 2.29. The fourth-order valence-corrected chi connectivity index (χ4v) is 1.55. The number of hydrogen-bond acceptors (Lipinski definition) is 7. The molecule has 7 nitrogen and oxygen atoms in total. The van der Waals surface area contributed by atoms with Gasteiger partial charge in [0.2, 0.25) is 0 Å². The fraction of sp³-hybridized carbons (Fsp3) is 0.875. The lowest BCUT2D eigenvalue weighted by Crippen LogP contribution is -2.70. The van der Waals surface area contributed by atoms with Crippen LogP contribution in [-0.4, -0.2) is 63.0 Å². The molecule has 0 aromatic carbocycles. The quantitative estimate of drug-likeness (QED) is 0.330. The van der Waals surface area contributed by atoms with Crippen LogP contribution in [0.1, 0.15) is 6.92 Å². The Labute approximate surface area is 86.1 Å². The van der Waals surface area contributed by atoms with Crippen molar-refractivity contribution in [3.8, 4) is 0 Å². The van der Waals surface area contributed by atoms with E-state index in [2.05, 4.69) is 0 Å². The second-order valence-electron chi connectivity index (χ2n) is 3.62. The van der Waals surface area contributed by atoms with Crippen molar-refractivity contribution in [2.45, 2.75) is 37.1 Å². The summed E-state index contributed by atoms with van der Waals surface area (Å²) < 4.78 is 4.80. The summed E-state index contributed by atoms with van der Waals surface area (Å²) in [7, 11) is 0. The summed E-state index contributed by atoms with van der Waals surface area (Å²) in [6, 6.07) is -1.22. The van der Waals surface area contributed by atoms with Gasteiger partial charge in [0.05, 0.1) is 12.6 Å². The van der Waals surface area contributed by atoms with Crippen LogP contribution in [-0.2, 0) is 9.53 Å². The van der Waals surface area contributed by atoms with Gasteiger partial charge in [0, 0.05) is 0 Å². The van der Waals surface area contributed by atoms with Crippen LogP contribution in [0.4, 0.5) is 0 Å². The van der Waals surface area contributed by atoms with Gasteiger partial charge in [0.15, 0.2) is 17.7 Å². The summed E-state index contributed by atoms with van der Waals surface area (Å²) in [5.41, 5.74) is 3.30. The van der Waals surface area contributed by atoms with E-state index in [9.17, 15) is 20.1 Å². The molecular weight excluding hydrogens is 206 g/mol. The Hall–Kier alpha value is -0.570. The second kappa shape index (κ2) is 4.12. The first-order valence-corrected chi connectivity index (χ1v) is 4.46. The van der Waals surface area contributed by atoms with Crippen LogP contribution in [0.5, 0.6) is 0 Å². The van der Waals surface area contributed by atoms with E-state index in [1.54, 1.807) is 0 Å². The number of nitrogens with two attached hydrogens (primary N) is 1. The number of Topliss-reactive ketones (excluding diaryl/α,β-unsaturated/α-hetero) is 1. The van der Waals surface area contributed by atoms with E-state index in [1.165, 1.54) is 0 Å². The summed E-state index contributed by atoms with van der Waals surface area (Å²) in [6.07, 6.45) is -4.82. The average molecular weight is 221 g/mol. The van der Waals surface area contributed by atoms with Gasteiger partial charge in [-0.15, -0.1) is 0 Å². The molecule has 1 rings (SSSR count). The van der Waals surface area contributed by atoms with E-state index in [1.807, 2.05) is 0 Å². The van der Waals surface area contributed by atoms with E-state index < -0.39 is 42.5 Å². The largest absolute Gasteiger partial charge is 0.393 e. The van der Waals surface area contributed by atoms with Gasteiger partial charge in [-0.25, -0.2) is 0 Å². The molecule has 0 aromatic heterocycles. The van der Waals surface area contributed by atoms with E-state index >= 15 is 0 Å². The summed E-state index contributed by atoms with van der Waals surface area (Å²) in [5, 5.41) is 37.4. The molecule has 0 radical (unpaired) electrons. The molecule has 0 amide bonds. The fourth-order valence-electron chi connectivity index (χ4n) is 1.55. The summed E-state index contributed by atoms with van der Waals surface area (Å²) in [5.74, 6) is -0.692. The number of ether oxygens (including phenoxy) is 1. The molecule has 0 bridgehead atoms. The molecule has 1 aliphatic heterocycles. The molecule has 1 fully saturated rings. The van der Waals surface area contributed by atoms with Crippen molar-refractivity contribution in [2.24, 2.45) is 5.73 Å². The van der Waals surface area contributed by atoms with Gasteiger partial charge in [-0.1, -0.05) is 0 Å². The molecule has 0 aliphatic carbocycles. The Kier molecular flexibility index (Phi) is 3.44. The number of carbonyl (C=O) groups excluding carboxylic acids is 1. The minimum atomic E-state index is -2.01. The van der Waals surface area contributed by atoms with Crippen molar-refractivity contribution in [3.05, 3.63) is 0 Å². The normalized spacial score (nSPS) is 46.5. The smallest absolute Gasteiger partial charge is 0.180 e. The van der Waals surface area contributed by atoms with Crippen molar-refractivity contribution in [3.63, 3.8) is 0 Å². The first kappa shape index (κ1) is 12.5. The average Bonchev–Trinajstić information content (AvgIpc) is 2.20. The van der Waals surface area contributed by atoms with Crippen LogP contribution in [0.25, 0.3) is 0 Å². The van der Waals surface area contributed by atoms with E-state index in [4.69, 9.17) is 15.6 Å². The molecule has 1 heterocycles. The predicted octanol–water partition coefficient (Wildman–Crippen LogP) is -3.30.